The first-order valence-electron chi connectivity index (χ1n) is 4.27. The van der Waals surface area contributed by atoms with E-state index < -0.39 is 0 Å². The molecule has 0 spiro atoms. The highest BCUT2D eigenvalue weighted by Crippen LogP contribution is 2.22. The van der Waals surface area contributed by atoms with Gasteiger partial charge in [-0.3, -0.25) is 0 Å². The molecule has 1 aromatic rings. The van der Waals surface area contributed by atoms with Crippen LogP contribution in [0.25, 0.3) is 0 Å². The molecule has 1 aromatic carbocycles. The molecule has 0 aliphatic heterocycles. The molecular weight excluding hydrogens is 178 g/mol. The van der Waals surface area contributed by atoms with Crippen LogP contribution in [-0.2, 0) is 0 Å². The van der Waals surface area contributed by atoms with E-state index in [0.29, 0.717) is 0 Å². The largest absolute Gasteiger partial charge is 0.381 e. The molecule has 1 nitrogen and oxygen atoms in total. The summed E-state index contributed by atoms with van der Waals surface area (Å²) in [6.07, 6.45) is 3.95. The van der Waals surface area contributed by atoms with Gasteiger partial charge < -0.3 is 5.32 Å². The fourth-order valence-corrected chi connectivity index (χ4v) is 1.54. The summed E-state index contributed by atoms with van der Waals surface area (Å²) in [5.41, 5.74) is 2.48. The van der Waals surface area contributed by atoms with Gasteiger partial charge in [0.25, 0.3) is 0 Å². The van der Waals surface area contributed by atoms with Crippen LogP contribution >= 0.6 is 11.8 Å². The molecule has 1 N–H and O–H groups in total. The molecule has 0 aliphatic carbocycles. The lowest BCUT2D eigenvalue weighted by molar-refractivity contribution is 1.28. The van der Waals surface area contributed by atoms with Crippen LogP contribution < -0.4 is 5.32 Å². The minimum atomic E-state index is 0.818. The monoisotopic (exact) mass is 193 g/mol. The summed E-state index contributed by atoms with van der Waals surface area (Å²) in [6.45, 7) is 6.61. The molecule has 0 amide bonds. The van der Waals surface area contributed by atoms with E-state index in [-0.39, 0.29) is 0 Å². The highest BCUT2D eigenvalue weighted by Gasteiger charge is 1.97. The second-order valence-electron chi connectivity index (χ2n) is 2.85. The van der Waals surface area contributed by atoms with Gasteiger partial charge in [-0.2, -0.15) is 0 Å². The third-order valence-electron chi connectivity index (χ3n) is 1.88. The van der Waals surface area contributed by atoms with Crippen molar-refractivity contribution < 1.29 is 0 Å². The van der Waals surface area contributed by atoms with Gasteiger partial charge in [-0.1, -0.05) is 12.1 Å². The second-order valence-corrected chi connectivity index (χ2v) is 3.73. The molecule has 0 aliphatic rings. The van der Waals surface area contributed by atoms with Crippen LogP contribution in [0.5, 0.6) is 0 Å². The van der Waals surface area contributed by atoms with Crippen molar-refractivity contribution in [3.8, 4) is 0 Å². The van der Waals surface area contributed by atoms with Crippen molar-refractivity contribution in [2.45, 2.75) is 11.8 Å². The van der Waals surface area contributed by atoms with E-state index in [1.807, 2.05) is 6.08 Å². The van der Waals surface area contributed by atoms with Crippen LogP contribution in [0.1, 0.15) is 5.56 Å². The van der Waals surface area contributed by atoms with Crippen molar-refractivity contribution in [3.05, 3.63) is 36.4 Å². The Bertz CT molecular complexity index is 294. The summed E-state index contributed by atoms with van der Waals surface area (Å²) < 4.78 is 0. The zero-order valence-electron chi connectivity index (χ0n) is 8.13. The Kier molecular flexibility index (Phi) is 3.90. The molecular formula is C11H15NS. The lowest BCUT2D eigenvalue weighted by Crippen LogP contribution is -1.99. The number of thioether (sulfide) groups is 1. The second kappa shape index (κ2) is 4.97. The standard InChI is InChI=1S/C11H15NS/c1-4-7-12-11-8-10(13-3)6-5-9(11)2/h4-6,8,12H,1,7H2,2-3H3. The van der Waals surface area contributed by atoms with Crippen LogP contribution in [-0.4, -0.2) is 12.8 Å². The maximum absolute atomic E-state index is 3.68. The molecule has 0 atom stereocenters. The van der Waals surface area contributed by atoms with Gasteiger partial charge in [0.2, 0.25) is 0 Å². The molecule has 2 heteroatoms. The summed E-state index contributed by atoms with van der Waals surface area (Å²) in [6, 6.07) is 6.44. The molecule has 0 saturated carbocycles. The summed E-state index contributed by atoms with van der Waals surface area (Å²) in [7, 11) is 0. The van der Waals surface area contributed by atoms with Crippen molar-refractivity contribution in [2.75, 3.05) is 18.1 Å². The van der Waals surface area contributed by atoms with Crippen molar-refractivity contribution >= 4 is 17.4 Å². The molecule has 0 unspecified atom stereocenters. The fraction of sp³-hybridized carbons (Fsp3) is 0.273. The molecule has 0 saturated heterocycles. The Labute approximate surface area is 84.2 Å². The highest BCUT2D eigenvalue weighted by molar-refractivity contribution is 7.98. The third-order valence-corrected chi connectivity index (χ3v) is 2.61. The van der Waals surface area contributed by atoms with Crippen LogP contribution in [0.3, 0.4) is 0 Å². The Morgan fingerprint density at radius 2 is 2.31 bits per heavy atom. The summed E-state index contributed by atoms with van der Waals surface area (Å²) in [4.78, 5) is 1.29. The molecule has 1 rings (SSSR count). The average Bonchev–Trinajstić information content (AvgIpc) is 2.17. The van der Waals surface area contributed by atoms with Gasteiger partial charge in [0.15, 0.2) is 0 Å². The number of hydrogen-bond donors (Lipinski definition) is 1. The Hall–Kier alpha value is -0.890. The van der Waals surface area contributed by atoms with Gasteiger partial charge in [0.05, 0.1) is 0 Å². The average molecular weight is 193 g/mol. The first kappa shape index (κ1) is 10.2. The van der Waals surface area contributed by atoms with E-state index in [9.17, 15) is 0 Å². The van der Waals surface area contributed by atoms with Gasteiger partial charge in [0.1, 0.15) is 0 Å². The molecule has 0 radical (unpaired) electrons. The van der Waals surface area contributed by atoms with E-state index in [4.69, 9.17) is 0 Å². The lowest BCUT2D eigenvalue weighted by Gasteiger charge is -2.08. The van der Waals surface area contributed by atoms with E-state index in [1.54, 1.807) is 11.8 Å². The molecule has 0 aromatic heterocycles. The minimum absolute atomic E-state index is 0.818. The number of nitrogens with one attached hydrogen (secondary N) is 1. The lowest BCUT2D eigenvalue weighted by atomic mass is 10.2. The SMILES string of the molecule is C=CCNc1cc(SC)ccc1C. The van der Waals surface area contributed by atoms with Gasteiger partial charge in [-0.25, -0.2) is 0 Å². The van der Waals surface area contributed by atoms with Crippen LogP contribution in [0.2, 0.25) is 0 Å². The predicted octanol–water partition coefficient (Wildman–Crippen LogP) is 3.31. The number of aryl methyl sites for hydroxylation is 1. The quantitative estimate of drug-likeness (QED) is 0.581. The number of hydrogen-bond acceptors (Lipinski definition) is 2. The highest BCUT2D eigenvalue weighted by atomic mass is 32.2. The van der Waals surface area contributed by atoms with E-state index >= 15 is 0 Å². The van der Waals surface area contributed by atoms with Crippen LogP contribution in [0.4, 0.5) is 5.69 Å². The Morgan fingerprint density at radius 1 is 1.54 bits per heavy atom. The number of rotatable bonds is 4. The molecule has 0 fully saturated rings. The van der Waals surface area contributed by atoms with Crippen molar-refractivity contribution in [3.63, 3.8) is 0 Å². The van der Waals surface area contributed by atoms with Crippen molar-refractivity contribution in [1.29, 1.82) is 0 Å². The summed E-state index contributed by atoms with van der Waals surface area (Å²) in [5, 5.41) is 3.31. The van der Waals surface area contributed by atoms with Crippen LogP contribution in [0, 0.1) is 6.92 Å². The number of anilines is 1. The zero-order valence-corrected chi connectivity index (χ0v) is 8.95. The Morgan fingerprint density at radius 3 is 2.92 bits per heavy atom. The van der Waals surface area contributed by atoms with E-state index in [1.165, 1.54) is 16.1 Å². The van der Waals surface area contributed by atoms with Crippen molar-refractivity contribution in [1.82, 2.24) is 0 Å². The first-order chi connectivity index (χ1) is 6.27. The maximum Gasteiger partial charge on any atom is 0.0383 e. The molecule has 13 heavy (non-hydrogen) atoms. The fourth-order valence-electron chi connectivity index (χ4n) is 1.10. The van der Waals surface area contributed by atoms with Crippen LogP contribution in [0.15, 0.2) is 35.7 Å². The predicted molar refractivity (Wildman–Crippen MR) is 61.6 cm³/mol. The van der Waals surface area contributed by atoms with Gasteiger partial charge >= 0.3 is 0 Å². The van der Waals surface area contributed by atoms with E-state index in [2.05, 4.69) is 43.3 Å². The van der Waals surface area contributed by atoms with E-state index in [0.717, 1.165) is 6.54 Å². The van der Waals surface area contributed by atoms with Gasteiger partial charge in [0, 0.05) is 17.1 Å². The summed E-state index contributed by atoms with van der Waals surface area (Å²) in [5.74, 6) is 0. The first-order valence-corrected chi connectivity index (χ1v) is 5.50. The number of benzene rings is 1. The Balaban J connectivity index is 2.83. The minimum Gasteiger partial charge on any atom is -0.381 e. The zero-order chi connectivity index (χ0) is 9.68. The summed E-state index contributed by atoms with van der Waals surface area (Å²) >= 11 is 1.76. The van der Waals surface area contributed by atoms with Gasteiger partial charge in [-0.15, -0.1) is 18.3 Å². The molecule has 0 bridgehead atoms. The molecule has 70 valence electrons. The molecule has 0 heterocycles. The van der Waals surface area contributed by atoms with Crippen molar-refractivity contribution in [2.24, 2.45) is 0 Å². The third kappa shape index (κ3) is 2.81. The maximum atomic E-state index is 3.68. The van der Waals surface area contributed by atoms with Gasteiger partial charge in [-0.05, 0) is 30.9 Å². The topological polar surface area (TPSA) is 12.0 Å². The normalized spacial score (nSPS) is 9.69. The smallest absolute Gasteiger partial charge is 0.0383 e.